The Morgan fingerprint density at radius 1 is 1.06 bits per heavy atom. The van der Waals surface area contributed by atoms with Crippen molar-refractivity contribution in [2.45, 2.75) is 70.2 Å². The monoisotopic (exact) mass is 522 g/mol. The molecule has 1 saturated carbocycles. The van der Waals surface area contributed by atoms with Crippen molar-refractivity contribution in [3.63, 3.8) is 0 Å². The van der Waals surface area contributed by atoms with Gasteiger partial charge in [0.1, 0.15) is 5.69 Å². The molecule has 1 N–H and O–H groups in total. The average Bonchev–Trinajstić information content (AvgIpc) is 3.20. The summed E-state index contributed by atoms with van der Waals surface area (Å²) in [7, 11) is 1.70. The van der Waals surface area contributed by atoms with Crippen LogP contribution in [0.4, 0.5) is 11.6 Å². The number of anilines is 2. The molecular weight excluding hydrogens is 488 g/mol. The predicted octanol–water partition coefficient (Wildman–Crippen LogP) is 4.19. The number of methoxy groups -OCH3 is 1. The first-order chi connectivity index (χ1) is 16.0. The van der Waals surface area contributed by atoms with E-state index in [2.05, 4.69) is 54.6 Å². The summed E-state index contributed by atoms with van der Waals surface area (Å²) in [5.74, 6) is 1.09. The Bertz CT molecular complexity index is 862. The van der Waals surface area contributed by atoms with E-state index in [0.29, 0.717) is 49.3 Å². The SMILES string of the molecule is COCCCOc1nn(C2CCC(N3C[C@@H](C)O[C@@H](C)C3)CC2)cc1Nc1ncc(Br)cn1. The van der Waals surface area contributed by atoms with Crippen LogP contribution in [0.25, 0.3) is 0 Å². The minimum Gasteiger partial charge on any atom is -0.475 e. The molecule has 33 heavy (non-hydrogen) atoms. The summed E-state index contributed by atoms with van der Waals surface area (Å²) >= 11 is 3.37. The minimum atomic E-state index is 0.310. The highest BCUT2D eigenvalue weighted by atomic mass is 79.9. The molecule has 3 heterocycles. The van der Waals surface area contributed by atoms with Crippen LogP contribution in [0.15, 0.2) is 23.1 Å². The van der Waals surface area contributed by atoms with Gasteiger partial charge in [0.2, 0.25) is 5.95 Å². The Morgan fingerprint density at radius 2 is 1.73 bits per heavy atom. The number of morpholine rings is 1. The Morgan fingerprint density at radius 3 is 2.39 bits per heavy atom. The van der Waals surface area contributed by atoms with Crippen LogP contribution >= 0.6 is 15.9 Å². The van der Waals surface area contributed by atoms with E-state index in [9.17, 15) is 0 Å². The van der Waals surface area contributed by atoms with E-state index in [-0.39, 0.29) is 0 Å². The maximum Gasteiger partial charge on any atom is 0.256 e. The zero-order chi connectivity index (χ0) is 23.2. The fraction of sp³-hybridized carbons (Fsp3) is 0.696. The van der Waals surface area contributed by atoms with E-state index < -0.39 is 0 Å². The van der Waals surface area contributed by atoms with E-state index in [0.717, 1.165) is 42.5 Å². The first-order valence-corrected chi connectivity index (χ1v) is 12.7. The van der Waals surface area contributed by atoms with Gasteiger partial charge in [0, 0.05) is 51.7 Å². The molecule has 0 radical (unpaired) electrons. The normalized spacial score (nSPS) is 26.3. The smallest absolute Gasteiger partial charge is 0.256 e. The molecule has 1 aliphatic heterocycles. The van der Waals surface area contributed by atoms with Crippen LogP contribution in [0.2, 0.25) is 0 Å². The Kier molecular flexibility index (Phi) is 8.56. The summed E-state index contributed by atoms with van der Waals surface area (Å²) in [6, 6.07) is 0.990. The molecule has 2 fully saturated rings. The molecule has 2 aliphatic rings. The van der Waals surface area contributed by atoms with E-state index >= 15 is 0 Å². The van der Waals surface area contributed by atoms with Crippen LogP contribution in [0.1, 0.15) is 52.0 Å². The number of halogens is 1. The number of hydrogen-bond acceptors (Lipinski definition) is 8. The van der Waals surface area contributed by atoms with Crippen LogP contribution in [-0.4, -0.2) is 76.3 Å². The van der Waals surface area contributed by atoms with Crippen molar-refractivity contribution in [3.8, 4) is 5.88 Å². The fourth-order valence-corrected chi connectivity index (χ4v) is 5.03. The van der Waals surface area contributed by atoms with E-state index in [1.807, 2.05) is 6.20 Å². The highest BCUT2D eigenvalue weighted by Gasteiger charge is 2.32. The van der Waals surface area contributed by atoms with Gasteiger partial charge in [-0.1, -0.05) is 0 Å². The number of nitrogens with zero attached hydrogens (tertiary/aromatic N) is 5. The van der Waals surface area contributed by atoms with Gasteiger partial charge in [0.15, 0.2) is 0 Å². The van der Waals surface area contributed by atoms with Gasteiger partial charge < -0.3 is 19.5 Å². The molecule has 9 nitrogen and oxygen atoms in total. The number of hydrogen-bond donors (Lipinski definition) is 1. The highest BCUT2D eigenvalue weighted by Crippen LogP contribution is 2.35. The molecule has 0 amide bonds. The summed E-state index contributed by atoms with van der Waals surface area (Å²) in [4.78, 5) is 11.3. The standard InChI is InChI=1S/C23H35BrN6O3/c1-16-13-29(14-17(2)33-16)19-5-7-20(8-6-19)30-15-21(22(28-30)32-10-4-9-31-3)27-23-25-11-18(24)12-26-23/h11-12,15-17,19-20H,4-10,13-14H2,1-3H3,(H,25,26,27)/t16-,17+,19?,20?. The van der Waals surface area contributed by atoms with Crippen molar-refractivity contribution < 1.29 is 14.2 Å². The van der Waals surface area contributed by atoms with Gasteiger partial charge in [-0.25, -0.2) is 9.97 Å². The lowest BCUT2D eigenvalue weighted by molar-refractivity contribution is -0.0852. The van der Waals surface area contributed by atoms with Crippen molar-refractivity contribution in [2.75, 3.05) is 38.7 Å². The van der Waals surface area contributed by atoms with Gasteiger partial charge >= 0.3 is 0 Å². The molecule has 4 rings (SSSR count). The molecule has 1 aliphatic carbocycles. The molecule has 2 aromatic rings. The van der Waals surface area contributed by atoms with E-state index in [1.165, 1.54) is 12.8 Å². The van der Waals surface area contributed by atoms with Crippen LogP contribution in [-0.2, 0) is 9.47 Å². The van der Waals surface area contributed by atoms with Gasteiger partial charge in [0.05, 0.1) is 35.5 Å². The summed E-state index contributed by atoms with van der Waals surface area (Å²) < 4.78 is 19.9. The second-order valence-corrected chi connectivity index (χ2v) is 9.96. The summed E-state index contributed by atoms with van der Waals surface area (Å²) in [6.07, 6.45) is 11.4. The molecule has 0 aromatic carbocycles. The lowest BCUT2D eigenvalue weighted by Gasteiger charge is -2.42. The third-order valence-electron chi connectivity index (χ3n) is 6.30. The number of ether oxygens (including phenoxy) is 3. The maximum absolute atomic E-state index is 5.99. The first-order valence-electron chi connectivity index (χ1n) is 11.9. The minimum absolute atomic E-state index is 0.310. The van der Waals surface area contributed by atoms with Crippen LogP contribution in [0.3, 0.4) is 0 Å². The van der Waals surface area contributed by atoms with E-state index in [1.54, 1.807) is 19.5 Å². The zero-order valence-electron chi connectivity index (χ0n) is 19.7. The molecule has 2 atom stereocenters. The molecule has 0 bridgehead atoms. The first kappa shape index (κ1) is 24.4. The van der Waals surface area contributed by atoms with Gasteiger partial charge in [-0.3, -0.25) is 9.58 Å². The van der Waals surface area contributed by atoms with Gasteiger partial charge in [-0.15, -0.1) is 5.10 Å². The zero-order valence-corrected chi connectivity index (χ0v) is 21.3. The van der Waals surface area contributed by atoms with Gasteiger partial charge in [-0.05, 0) is 55.5 Å². The molecular formula is C23H35BrN6O3. The predicted molar refractivity (Wildman–Crippen MR) is 130 cm³/mol. The number of nitrogens with one attached hydrogen (secondary N) is 1. The summed E-state index contributed by atoms with van der Waals surface area (Å²) in [5.41, 5.74) is 0.785. The van der Waals surface area contributed by atoms with Crippen LogP contribution < -0.4 is 10.1 Å². The van der Waals surface area contributed by atoms with Crippen molar-refractivity contribution in [2.24, 2.45) is 0 Å². The fourth-order valence-electron chi connectivity index (χ4n) is 4.83. The van der Waals surface area contributed by atoms with Crippen LogP contribution in [0.5, 0.6) is 5.88 Å². The Labute approximate surface area is 204 Å². The average molecular weight is 523 g/mol. The van der Waals surface area contributed by atoms with Crippen molar-refractivity contribution in [1.82, 2.24) is 24.6 Å². The Balaban J connectivity index is 1.41. The molecule has 182 valence electrons. The summed E-state index contributed by atoms with van der Waals surface area (Å²) in [6.45, 7) is 7.61. The third kappa shape index (κ3) is 6.65. The highest BCUT2D eigenvalue weighted by molar-refractivity contribution is 9.10. The number of rotatable bonds is 9. The molecule has 0 spiro atoms. The largest absolute Gasteiger partial charge is 0.475 e. The van der Waals surface area contributed by atoms with Crippen LogP contribution in [0, 0.1) is 0 Å². The Hall–Kier alpha value is -1.75. The molecule has 0 unspecified atom stereocenters. The second kappa shape index (κ2) is 11.6. The summed E-state index contributed by atoms with van der Waals surface area (Å²) in [5, 5.41) is 8.07. The topological polar surface area (TPSA) is 86.6 Å². The van der Waals surface area contributed by atoms with Crippen molar-refractivity contribution in [1.29, 1.82) is 0 Å². The quantitative estimate of drug-likeness (QED) is 0.490. The lowest BCUT2D eigenvalue weighted by Crippen LogP contribution is -2.51. The van der Waals surface area contributed by atoms with E-state index in [4.69, 9.17) is 19.3 Å². The van der Waals surface area contributed by atoms with Gasteiger partial charge in [0.25, 0.3) is 5.88 Å². The van der Waals surface area contributed by atoms with Gasteiger partial charge in [-0.2, -0.15) is 0 Å². The van der Waals surface area contributed by atoms with Crippen molar-refractivity contribution >= 4 is 27.6 Å². The molecule has 2 aromatic heterocycles. The number of aromatic nitrogens is 4. The second-order valence-electron chi connectivity index (χ2n) is 9.05. The molecule has 1 saturated heterocycles. The third-order valence-corrected chi connectivity index (χ3v) is 6.71. The molecule has 10 heteroatoms. The lowest BCUT2D eigenvalue weighted by atomic mass is 9.89. The maximum atomic E-state index is 5.99. The van der Waals surface area contributed by atoms with Crippen molar-refractivity contribution in [3.05, 3.63) is 23.1 Å².